The van der Waals surface area contributed by atoms with Gasteiger partial charge in [-0.2, -0.15) is 5.10 Å². The van der Waals surface area contributed by atoms with Gasteiger partial charge in [-0.3, -0.25) is 4.68 Å². The van der Waals surface area contributed by atoms with Crippen molar-refractivity contribution in [2.45, 2.75) is 57.1 Å². The second kappa shape index (κ2) is 6.48. The minimum atomic E-state index is 0.101. The van der Waals surface area contributed by atoms with Crippen molar-refractivity contribution in [3.8, 4) is 0 Å². The van der Waals surface area contributed by atoms with Gasteiger partial charge in [-0.15, -0.1) is 0 Å². The fourth-order valence-corrected chi connectivity index (χ4v) is 2.80. The number of hydrogen-bond donors (Lipinski definition) is 1. The third-order valence-electron chi connectivity index (χ3n) is 4.23. The van der Waals surface area contributed by atoms with Crippen molar-refractivity contribution in [2.24, 2.45) is 7.05 Å². The Morgan fingerprint density at radius 2 is 2.32 bits per heavy atom. The van der Waals surface area contributed by atoms with E-state index < -0.39 is 0 Å². The van der Waals surface area contributed by atoms with Crippen LogP contribution in [0.1, 0.15) is 44.9 Å². The molecule has 2 rings (SSSR count). The first-order valence-electron chi connectivity index (χ1n) is 7.30. The van der Waals surface area contributed by atoms with E-state index >= 15 is 0 Å². The van der Waals surface area contributed by atoms with Crippen LogP contribution in [0.4, 0.5) is 0 Å². The molecule has 108 valence electrons. The van der Waals surface area contributed by atoms with Gasteiger partial charge in [0.05, 0.1) is 5.60 Å². The van der Waals surface area contributed by atoms with E-state index in [4.69, 9.17) is 4.74 Å². The molecule has 1 aliphatic rings. The highest BCUT2D eigenvalue weighted by Crippen LogP contribution is 2.39. The Labute approximate surface area is 115 Å². The Hall–Kier alpha value is -0.940. The summed E-state index contributed by atoms with van der Waals surface area (Å²) in [6, 6.07) is 0.420. The number of aromatic nitrogens is 3. The van der Waals surface area contributed by atoms with Crippen LogP contribution < -0.4 is 5.32 Å². The summed E-state index contributed by atoms with van der Waals surface area (Å²) >= 11 is 0. The van der Waals surface area contributed by atoms with E-state index in [0.717, 1.165) is 31.6 Å². The zero-order valence-electron chi connectivity index (χ0n) is 12.4. The predicted octanol–water partition coefficient (Wildman–Crippen LogP) is 1.68. The van der Waals surface area contributed by atoms with Crippen molar-refractivity contribution in [1.82, 2.24) is 20.1 Å². The lowest BCUT2D eigenvalue weighted by Gasteiger charge is -2.43. The van der Waals surface area contributed by atoms with Gasteiger partial charge in [0.25, 0.3) is 0 Å². The Balaban J connectivity index is 1.97. The lowest BCUT2D eigenvalue weighted by Crippen LogP contribution is -2.47. The topological polar surface area (TPSA) is 52.0 Å². The Kier molecular flexibility index (Phi) is 4.93. The molecule has 1 saturated carbocycles. The molecule has 1 aromatic heterocycles. The molecule has 0 radical (unpaired) electrons. The number of methoxy groups -OCH3 is 1. The van der Waals surface area contributed by atoms with Crippen LogP contribution in [0.5, 0.6) is 0 Å². The maximum absolute atomic E-state index is 5.75. The molecular formula is C14H26N4O. The van der Waals surface area contributed by atoms with Crippen molar-refractivity contribution in [3.05, 3.63) is 12.2 Å². The van der Waals surface area contributed by atoms with Crippen LogP contribution in [0.2, 0.25) is 0 Å². The maximum atomic E-state index is 5.75. The zero-order valence-corrected chi connectivity index (χ0v) is 12.4. The summed E-state index contributed by atoms with van der Waals surface area (Å²) in [5, 5.41) is 7.78. The molecule has 1 unspecified atom stereocenters. The first-order valence-corrected chi connectivity index (χ1v) is 7.30. The van der Waals surface area contributed by atoms with Gasteiger partial charge in [0, 0.05) is 26.6 Å². The summed E-state index contributed by atoms with van der Waals surface area (Å²) in [6.45, 7) is 3.24. The smallest absolute Gasteiger partial charge is 0.138 e. The van der Waals surface area contributed by atoms with Gasteiger partial charge in [0.15, 0.2) is 0 Å². The normalized spacial score (nSPS) is 19.1. The molecule has 1 fully saturated rings. The third-order valence-corrected chi connectivity index (χ3v) is 4.23. The highest BCUT2D eigenvalue weighted by atomic mass is 16.5. The third kappa shape index (κ3) is 3.54. The van der Waals surface area contributed by atoms with Crippen LogP contribution in [0.15, 0.2) is 6.33 Å². The van der Waals surface area contributed by atoms with Gasteiger partial charge in [-0.05, 0) is 38.6 Å². The molecule has 0 saturated heterocycles. The number of aryl methyl sites for hydroxylation is 1. The molecule has 19 heavy (non-hydrogen) atoms. The average Bonchev–Trinajstić information content (AvgIpc) is 2.76. The second-order valence-corrected chi connectivity index (χ2v) is 5.60. The van der Waals surface area contributed by atoms with E-state index in [1.165, 1.54) is 19.3 Å². The fourth-order valence-electron chi connectivity index (χ4n) is 2.80. The van der Waals surface area contributed by atoms with Gasteiger partial charge < -0.3 is 10.1 Å². The van der Waals surface area contributed by atoms with E-state index in [0.29, 0.717) is 6.04 Å². The molecule has 1 aromatic rings. The number of rotatable bonds is 8. The number of hydrogen-bond acceptors (Lipinski definition) is 4. The molecule has 0 spiro atoms. The van der Waals surface area contributed by atoms with Crippen LogP contribution in [-0.2, 0) is 18.2 Å². The molecule has 5 nitrogen and oxygen atoms in total. The molecule has 1 N–H and O–H groups in total. The Bertz CT molecular complexity index is 381. The summed E-state index contributed by atoms with van der Waals surface area (Å²) in [5.74, 6) is 1.04. The number of nitrogens with one attached hydrogen (secondary N) is 1. The first kappa shape index (κ1) is 14.5. The molecule has 1 aliphatic carbocycles. The van der Waals surface area contributed by atoms with Crippen LogP contribution in [0.3, 0.4) is 0 Å². The van der Waals surface area contributed by atoms with Gasteiger partial charge in [0.1, 0.15) is 12.2 Å². The van der Waals surface area contributed by atoms with Crippen LogP contribution >= 0.6 is 0 Å². The molecule has 5 heteroatoms. The van der Waals surface area contributed by atoms with Gasteiger partial charge in [-0.25, -0.2) is 4.98 Å². The number of ether oxygens (including phenoxy) is 1. The highest BCUT2D eigenvalue weighted by Gasteiger charge is 2.39. The van der Waals surface area contributed by atoms with Gasteiger partial charge in [0.2, 0.25) is 0 Å². The van der Waals surface area contributed by atoms with Crippen molar-refractivity contribution >= 4 is 0 Å². The largest absolute Gasteiger partial charge is 0.378 e. The van der Waals surface area contributed by atoms with Gasteiger partial charge in [-0.1, -0.05) is 6.92 Å². The minimum Gasteiger partial charge on any atom is -0.378 e. The van der Waals surface area contributed by atoms with E-state index in [1.807, 2.05) is 18.8 Å². The standard InChI is InChI=1S/C14H26N4O/c1-4-8-15-12(9-13-16-11-17-18(13)2)10-14(19-3)6-5-7-14/h11-12,15H,4-10H2,1-3H3. The van der Waals surface area contributed by atoms with Crippen LogP contribution in [0, 0.1) is 0 Å². The van der Waals surface area contributed by atoms with Crippen molar-refractivity contribution in [1.29, 1.82) is 0 Å². The van der Waals surface area contributed by atoms with E-state index in [2.05, 4.69) is 22.3 Å². The molecule has 1 heterocycles. The summed E-state index contributed by atoms with van der Waals surface area (Å²) in [4.78, 5) is 4.33. The van der Waals surface area contributed by atoms with E-state index in [1.54, 1.807) is 6.33 Å². The molecule has 0 aromatic carbocycles. The Morgan fingerprint density at radius 1 is 1.53 bits per heavy atom. The van der Waals surface area contributed by atoms with Gasteiger partial charge >= 0.3 is 0 Å². The summed E-state index contributed by atoms with van der Waals surface area (Å²) in [6.07, 6.45) is 8.42. The SMILES string of the molecule is CCCNC(Cc1ncnn1C)CC1(OC)CCC1. The Morgan fingerprint density at radius 3 is 2.79 bits per heavy atom. The number of nitrogens with zero attached hydrogens (tertiary/aromatic N) is 3. The van der Waals surface area contributed by atoms with E-state index in [-0.39, 0.29) is 5.60 Å². The lowest BCUT2D eigenvalue weighted by molar-refractivity contribution is -0.0835. The molecular weight excluding hydrogens is 240 g/mol. The maximum Gasteiger partial charge on any atom is 0.138 e. The summed E-state index contributed by atoms with van der Waals surface area (Å²) in [5.41, 5.74) is 0.101. The zero-order chi connectivity index (χ0) is 13.7. The second-order valence-electron chi connectivity index (χ2n) is 5.60. The first-order chi connectivity index (χ1) is 9.19. The summed E-state index contributed by atoms with van der Waals surface area (Å²) in [7, 11) is 3.80. The average molecular weight is 266 g/mol. The van der Waals surface area contributed by atoms with Crippen molar-refractivity contribution in [3.63, 3.8) is 0 Å². The van der Waals surface area contributed by atoms with E-state index in [9.17, 15) is 0 Å². The lowest BCUT2D eigenvalue weighted by atomic mass is 9.75. The molecule has 0 aliphatic heterocycles. The molecule has 0 amide bonds. The quantitative estimate of drug-likeness (QED) is 0.778. The van der Waals surface area contributed by atoms with Crippen molar-refractivity contribution < 1.29 is 4.74 Å². The molecule has 1 atom stereocenters. The highest BCUT2D eigenvalue weighted by molar-refractivity contribution is 4.97. The predicted molar refractivity (Wildman–Crippen MR) is 75.0 cm³/mol. The van der Waals surface area contributed by atoms with Crippen LogP contribution in [-0.4, -0.2) is 40.1 Å². The summed E-state index contributed by atoms with van der Waals surface area (Å²) < 4.78 is 7.61. The van der Waals surface area contributed by atoms with Crippen LogP contribution in [0.25, 0.3) is 0 Å². The molecule has 0 bridgehead atoms. The monoisotopic (exact) mass is 266 g/mol. The van der Waals surface area contributed by atoms with Crippen molar-refractivity contribution in [2.75, 3.05) is 13.7 Å². The minimum absolute atomic E-state index is 0.101. The fraction of sp³-hybridized carbons (Fsp3) is 0.857.